The van der Waals surface area contributed by atoms with Crippen LogP contribution in [0.2, 0.25) is 0 Å². The fraction of sp³-hybridized carbons (Fsp3) is 0.455. The van der Waals surface area contributed by atoms with E-state index < -0.39 is 6.43 Å². The van der Waals surface area contributed by atoms with Gasteiger partial charge in [-0.25, -0.2) is 8.78 Å². The molecule has 0 amide bonds. The fourth-order valence-electron chi connectivity index (χ4n) is 1.94. The van der Waals surface area contributed by atoms with E-state index in [1.165, 1.54) is 12.1 Å². The van der Waals surface area contributed by atoms with Crippen LogP contribution in [0.4, 0.5) is 8.78 Å². The zero-order chi connectivity index (χ0) is 10.8. The molecule has 1 unspecified atom stereocenters. The van der Waals surface area contributed by atoms with Crippen molar-refractivity contribution in [3.8, 4) is 5.75 Å². The van der Waals surface area contributed by atoms with E-state index >= 15 is 0 Å². The molecule has 1 heterocycles. The lowest BCUT2D eigenvalue weighted by molar-refractivity contribution is 0.147. The van der Waals surface area contributed by atoms with Gasteiger partial charge in [0.15, 0.2) is 0 Å². The third-order valence-electron chi connectivity index (χ3n) is 2.82. The molecule has 2 nitrogen and oxygen atoms in total. The van der Waals surface area contributed by atoms with Crippen molar-refractivity contribution in [2.75, 3.05) is 13.1 Å². The Kier molecular flexibility index (Phi) is 2.86. The third kappa shape index (κ3) is 2.09. The van der Waals surface area contributed by atoms with Gasteiger partial charge >= 0.3 is 0 Å². The van der Waals surface area contributed by atoms with Crippen molar-refractivity contribution >= 4 is 0 Å². The number of hydrogen-bond acceptors (Lipinski definition) is 2. The molecule has 1 aromatic rings. The maximum absolute atomic E-state index is 12.5. The monoisotopic (exact) mass is 213 g/mol. The predicted octanol–water partition coefficient (Wildman–Crippen LogP) is 2.41. The highest BCUT2D eigenvalue weighted by Gasteiger charge is 2.20. The summed E-state index contributed by atoms with van der Waals surface area (Å²) < 4.78 is 25.0. The van der Waals surface area contributed by atoms with Crippen LogP contribution in [0.3, 0.4) is 0 Å². The van der Waals surface area contributed by atoms with Gasteiger partial charge in [0.1, 0.15) is 5.75 Å². The zero-order valence-electron chi connectivity index (χ0n) is 8.21. The van der Waals surface area contributed by atoms with E-state index in [1.807, 2.05) is 0 Å². The Balaban J connectivity index is 2.29. The van der Waals surface area contributed by atoms with E-state index in [-0.39, 0.29) is 11.3 Å². The van der Waals surface area contributed by atoms with Gasteiger partial charge in [0.05, 0.1) is 5.56 Å². The molecule has 1 aliphatic heterocycles. The minimum atomic E-state index is -2.61. The van der Waals surface area contributed by atoms with Gasteiger partial charge in [0.2, 0.25) is 0 Å². The average Bonchev–Trinajstić information content (AvgIpc) is 2.71. The highest BCUT2D eigenvalue weighted by Crippen LogP contribution is 2.32. The summed E-state index contributed by atoms with van der Waals surface area (Å²) in [6.07, 6.45) is -1.65. The van der Waals surface area contributed by atoms with E-state index in [0.29, 0.717) is 5.92 Å². The van der Waals surface area contributed by atoms with Gasteiger partial charge < -0.3 is 10.4 Å². The summed E-state index contributed by atoms with van der Waals surface area (Å²) in [5.74, 6) is -0.0252. The Bertz CT molecular complexity index is 348. The quantitative estimate of drug-likeness (QED) is 0.790. The summed E-state index contributed by atoms with van der Waals surface area (Å²) >= 11 is 0. The van der Waals surface area contributed by atoms with E-state index in [0.717, 1.165) is 25.1 Å². The van der Waals surface area contributed by atoms with Crippen LogP contribution in [0.25, 0.3) is 0 Å². The van der Waals surface area contributed by atoms with Crippen molar-refractivity contribution in [1.82, 2.24) is 5.32 Å². The van der Waals surface area contributed by atoms with Crippen LogP contribution in [0.15, 0.2) is 18.2 Å². The maximum Gasteiger partial charge on any atom is 0.267 e. The van der Waals surface area contributed by atoms with E-state index in [4.69, 9.17) is 0 Å². The van der Waals surface area contributed by atoms with Gasteiger partial charge in [-0.15, -0.1) is 0 Å². The largest absolute Gasteiger partial charge is 0.507 e. The minimum Gasteiger partial charge on any atom is -0.507 e. The molecule has 0 saturated carbocycles. The first-order chi connectivity index (χ1) is 7.18. The van der Waals surface area contributed by atoms with Crippen molar-refractivity contribution in [3.63, 3.8) is 0 Å². The summed E-state index contributed by atoms with van der Waals surface area (Å²) in [7, 11) is 0. The molecule has 0 aliphatic carbocycles. The summed E-state index contributed by atoms with van der Waals surface area (Å²) in [6, 6.07) is 4.49. The Morgan fingerprint density at radius 2 is 2.20 bits per heavy atom. The van der Waals surface area contributed by atoms with Gasteiger partial charge in [-0.1, -0.05) is 6.07 Å². The van der Waals surface area contributed by atoms with Gasteiger partial charge in [-0.2, -0.15) is 0 Å². The topological polar surface area (TPSA) is 32.3 Å². The van der Waals surface area contributed by atoms with E-state index in [9.17, 15) is 13.9 Å². The van der Waals surface area contributed by atoms with Crippen molar-refractivity contribution in [2.24, 2.45) is 0 Å². The van der Waals surface area contributed by atoms with Crippen molar-refractivity contribution in [3.05, 3.63) is 29.3 Å². The van der Waals surface area contributed by atoms with Crippen molar-refractivity contribution < 1.29 is 13.9 Å². The van der Waals surface area contributed by atoms with Gasteiger partial charge in [-0.3, -0.25) is 0 Å². The number of aromatic hydroxyl groups is 1. The van der Waals surface area contributed by atoms with Crippen LogP contribution >= 0.6 is 0 Å². The normalized spacial score (nSPS) is 21.1. The molecule has 82 valence electrons. The third-order valence-corrected chi connectivity index (χ3v) is 2.82. The molecule has 0 bridgehead atoms. The SMILES string of the molecule is Oc1ccc(C2CCNC2)cc1C(F)F. The van der Waals surface area contributed by atoms with Crippen LogP contribution in [-0.4, -0.2) is 18.2 Å². The molecule has 2 rings (SSSR count). The van der Waals surface area contributed by atoms with Crippen molar-refractivity contribution in [1.29, 1.82) is 0 Å². The summed E-state index contributed by atoms with van der Waals surface area (Å²) in [6.45, 7) is 1.75. The zero-order valence-corrected chi connectivity index (χ0v) is 8.21. The maximum atomic E-state index is 12.5. The summed E-state index contributed by atoms with van der Waals surface area (Å²) in [5.41, 5.74) is 0.618. The molecule has 0 radical (unpaired) electrons. The fourth-order valence-corrected chi connectivity index (χ4v) is 1.94. The number of alkyl halides is 2. The van der Waals surface area contributed by atoms with Gasteiger partial charge in [0, 0.05) is 6.54 Å². The number of benzene rings is 1. The molecule has 15 heavy (non-hydrogen) atoms. The molecule has 1 saturated heterocycles. The Labute approximate surface area is 86.9 Å². The molecule has 1 aliphatic rings. The summed E-state index contributed by atoms with van der Waals surface area (Å²) in [5, 5.41) is 12.4. The molecule has 1 fully saturated rings. The highest BCUT2D eigenvalue weighted by molar-refractivity contribution is 5.38. The van der Waals surface area contributed by atoms with E-state index in [2.05, 4.69) is 5.32 Å². The first-order valence-electron chi connectivity index (χ1n) is 5.00. The standard InChI is InChI=1S/C11H13F2NO/c12-11(13)9-5-7(1-2-10(9)15)8-3-4-14-6-8/h1-2,5,8,11,14-15H,3-4,6H2. The van der Waals surface area contributed by atoms with Crippen LogP contribution in [-0.2, 0) is 0 Å². The first kappa shape index (κ1) is 10.4. The number of rotatable bonds is 2. The molecule has 1 atom stereocenters. The summed E-state index contributed by atoms with van der Waals surface area (Å²) in [4.78, 5) is 0. The lowest BCUT2D eigenvalue weighted by Gasteiger charge is -2.11. The molecule has 4 heteroatoms. The van der Waals surface area contributed by atoms with Crippen molar-refractivity contribution in [2.45, 2.75) is 18.8 Å². The molecule has 2 N–H and O–H groups in total. The van der Waals surface area contributed by atoms with Gasteiger partial charge in [0.25, 0.3) is 6.43 Å². The number of nitrogens with one attached hydrogen (secondary N) is 1. The second-order valence-electron chi connectivity index (χ2n) is 3.81. The molecule has 1 aromatic carbocycles. The van der Waals surface area contributed by atoms with E-state index in [1.54, 1.807) is 6.07 Å². The lowest BCUT2D eigenvalue weighted by Crippen LogP contribution is -2.08. The number of phenolic OH excluding ortho intramolecular Hbond substituents is 1. The Morgan fingerprint density at radius 3 is 2.80 bits per heavy atom. The predicted molar refractivity (Wildman–Crippen MR) is 53.3 cm³/mol. The Morgan fingerprint density at radius 1 is 1.40 bits per heavy atom. The number of hydrogen-bond donors (Lipinski definition) is 2. The van der Waals surface area contributed by atoms with Crippen LogP contribution in [0.5, 0.6) is 5.75 Å². The number of phenols is 1. The second kappa shape index (κ2) is 4.14. The minimum absolute atomic E-state index is 0.264. The molecular weight excluding hydrogens is 200 g/mol. The molecule has 0 aromatic heterocycles. The molecular formula is C11H13F2NO. The smallest absolute Gasteiger partial charge is 0.267 e. The van der Waals surface area contributed by atoms with Crippen LogP contribution < -0.4 is 5.32 Å². The van der Waals surface area contributed by atoms with Gasteiger partial charge in [-0.05, 0) is 36.6 Å². The van der Waals surface area contributed by atoms with Crippen LogP contribution in [0, 0.1) is 0 Å². The average molecular weight is 213 g/mol. The van der Waals surface area contributed by atoms with Crippen LogP contribution in [0.1, 0.15) is 29.9 Å². The molecule has 0 spiro atoms. The second-order valence-corrected chi connectivity index (χ2v) is 3.81. The highest BCUT2D eigenvalue weighted by atomic mass is 19.3. The first-order valence-corrected chi connectivity index (χ1v) is 5.00. The number of halogens is 2. The Hall–Kier alpha value is -1.16. The lowest BCUT2D eigenvalue weighted by atomic mass is 9.96.